The highest BCUT2D eigenvalue weighted by Crippen LogP contribution is 2.41. The van der Waals surface area contributed by atoms with E-state index >= 15 is 0 Å². The van der Waals surface area contributed by atoms with Crippen LogP contribution in [0, 0.1) is 5.41 Å². The first-order valence-corrected chi connectivity index (χ1v) is 11.2. The fraction of sp³-hybridized carbons (Fsp3) is 0.435. The Bertz CT molecular complexity index is 924. The Hall–Kier alpha value is -2.47. The van der Waals surface area contributed by atoms with Gasteiger partial charge in [-0.2, -0.15) is 0 Å². The molecule has 1 amide bonds. The van der Waals surface area contributed by atoms with Crippen LogP contribution in [0.2, 0.25) is 0 Å². The van der Waals surface area contributed by atoms with Crippen LogP contribution in [0.5, 0.6) is 0 Å². The molecule has 2 aliphatic carbocycles. The molecule has 2 fully saturated rings. The lowest BCUT2D eigenvalue weighted by molar-refractivity contribution is -0.150. The van der Waals surface area contributed by atoms with Gasteiger partial charge in [-0.25, -0.2) is 4.98 Å². The third-order valence-corrected chi connectivity index (χ3v) is 6.99. The number of hydrogen-bond acceptors (Lipinski definition) is 4. The number of amides is 1. The lowest BCUT2D eigenvalue weighted by Crippen LogP contribution is -2.32. The van der Waals surface area contributed by atoms with Crippen molar-refractivity contribution in [2.45, 2.75) is 57.3 Å². The van der Waals surface area contributed by atoms with Crippen molar-refractivity contribution in [3.8, 4) is 0 Å². The van der Waals surface area contributed by atoms with Crippen LogP contribution < -0.4 is 5.32 Å². The molecule has 1 aromatic heterocycles. The molecule has 2 aromatic rings. The summed E-state index contributed by atoms with van der Waals surface area (Å²) < 4.78 is 0. The maximum Gasteiger partial charge on any atom is 0.310 e. The van der Waals surface area contributed by atoms with Gasteiger partial charge in [0.2, 0.25) is 5.91 Å². The number of hydrogen-bond donors (Lipinski definition) is 2. The van der Waals surface area contributed by atoms with Gasteiger partial charge in [0.15, 0.2) is 0 Å². The Labute approximate surface area is 174 Å². The van der Waals surface area contributed by atoms with Crippen LogP contribution in [-0.4, -0.2) is 22.0 Å². The summed E-state index contributed by atoms with van der Waals surface area (Å²) >= 11 is 1.66. The first-order chi connectivity index (χ1) is 14.0. The molecule has 0 bridgehead atoms. The molecule has 2 aliphatic rings. The number of thiazole rings is 1. The van der Waals surface area contributed by atoms with E-state index in [2.05, 4.69) is 10.7 Å². The van der Waals surface area contributed by atoms with Gasteiger partial charge >= 0.3 is 5.97 Å². The number of aliphatic carboxylic acids is 1. The molecular formula is C23H26N2O3S. The van der Waals surface area contributed by atoms with Gasteiger partial charge in [-0.15, -0.1) is 11.3 Å². The molecule has 2 saturated carbocycles. The molecule has 0 saturated heterocycles. The number of carbonyl (C=O) groups excluding carboxylic acids is 1. The van der Waals surface area contributed by atoms with Crippen LogP contribution >= 0.6 is 11.3 Å². The Balaban J connectivity index is 1.38. The summed E-state index contributed by atoms with van der Waals surface area (Å²) in [6.07, 6.45) is 10.7. The molecule has 6 heteroatoms. The number of carboxylic acids is 1. The van der Waals surface area contributed by atoms with Crippen LogP contribution in [0.1, 0.15) is 73.5 Å². The predicted molar refractivity (Wildman–Crippen MR) is 116 cm³/mol. The highest BCUT2D eigenvalue weighted by atomic mass is 32.1. The van der Waals surface area contributed by atoms with E-state index in [1.807, 2.05) is 36.4 Å². The normalized spacial score (nSPS) is 18.6. The Kier molecular flexibility index (Phi) is 5.81. The summed E-state index contributed by atoms with van der Waals surface area (Å²) in [5.41, 5.74) is 1.97. The van der Waals surface area contributed by atoms with Crippen molar-refractivity contribution in [2.24, 2.45) is 5.41 Å². The summed E-state index contributed by atoms with van der Waals surface area (Å²) in [4.78, 5) is 28.8. The van der Waals surface area contributed by atoms with Gasteiger partial charge in [0.1, 0.15) is 5.01 Å². The average molecular weight is 411 g/mol. The SMILES string of the molecule is O=C(CC1(C(=O)O)CCCC1)Nc1cccc(/C=C/c2nc(C3CCC3)cs2)c1. The van der Waals surface area contributed by atoms with Crippen molar-refractivity contribution in [3.05, 3.63) is 45.9 Å². The molecule has 0 radical (unpaired) electrons. The zero-order valence-electron chi connectivity index (χ0n) is 16.4. The summed E-state index contributed by atoms with van der Waals surface area (Å²) in [6.45, 7) is 0. The monoisotopic (exact) mass is 410 g/mol. The summed E-state index contributed by atoms with van der Waals surface area (Å²) in [5, 5.41) is 15.6. The molecule has 1 heterocycles. The van der Waals surface area contributed by atoms with Gasteiger partial charge in [-0.1, -0.05) is 37.5 Å². The minimum Gasteiger partial charge on any atom is -0.481 e. The summed E-state index contributed by atoms with van der Waals surface area (Å²) in [5.74, 6) is -0.451. The first kappa shape index (κ1) is 19.8. The summed E-state index contributed by atoms with van der Waals surface area (Å²) in [6, 6.07) is 7.59. The average Bonchev–Trinajstić information content (AvgIpc) is 3.29. The van der Waals surface area contributed by atoms with E-state index in [0.717, 1.165) is 23.4 Å². The number of carboxylic acid groups (broad SMARTS) is 1. The second kappa shape index (κ2) is 8.49. The number of aromatic nitrogens is 1. The van der Waals surface area contributed by atoms with Crippen LogP contribution in [0.3, 0.4) is 0 Å². The van der Waals surface area contributed by atoms with Crippen LogP contribution in [-0.2, 0) is 9.59 Å². The number of rotatable bonds is 7. The molecule has 0 aliphatic heterocycles. The quantitative estimate of drug-likeness (QED) is 0.627. The van der Waals surface area contributed by atoms with E-state index in [4.69, 9.17) is 4.98 Å². The van der Waals surface area contributed by atoms with Gasteiger partial charge in [-0.05, 0) is 49.5 Å². The third-order valence-electron chi connectivity index (χ3n) is 6.17. The fourth-order valence-corrected chi connectivity index (χ4v) is 4.98. The Morgan fingerprint density at radius 3 is 2.69 bits per heavy atom. The fourth-order valence-electron chi connectivity index (χ4n) is 4.19. The van der Waals surface area contributed by atoms with Gasteiger partial charge in [0.05, 0.1) is 11.1 Å². The first-order valence-electron chi connectivity index (χ1n) is 10.3. The highest BCUT2D eigenvalue weighted by Gasteiger charge is 2.42. The van der Waals surface area contributed by atoms with E-state index in [9.17, 15) is 14.7 Å². The van der Waals surface area contributed by atoms with Gasteiger partial charge < -0.3 is 10.4 Å². The molecule has 29 heavy (non-hydrogen) atoms. The van der Waals surface area contributed by atoms with Gasteiger partial charge in [-0.3, -0.25) is 9.59 Å². The lowest BCUT2D eigenvalue weighted by Gasteiger charge is -2.22. The van der Waals surface area contributed by atoms with E-state index in [0.29, 0.717) is 24.4 Å². The minimum absolute atomic E-state index is 0.0332. The number of carbonyl (C=O) groups is 2. The zero-order chi connectivity index (χ0) is 20.3. The second-order valence-corrected chi connectivity index (χ2v) is 9.10. The van der Waals surface area contributed by atoms with Gasteiger partial charge in [0, 0.05) is 23.4 Å². The number of nitrogens with one attached hydrogen (secondary N) is 1. The minimum atomic E-state index is -0.898. The molecule has 5 nitrogen and oxygen atoms in total. The molecule has 0 unspecified atom stereocenters. The predicted octanol–water partition coefficient (Wildman–Crippen LogP) is 5.55. The lowest BCUT2D eigenvalue weighted by atomic mass is 9.82. The van der Waals surface area contributed by atoms with Crippen molar-refractivity contribution in [1.29, 1.82) is 0 Å². The highest BCUT2D eigenvalue weighted by molar-refractivity contribution is 7.10. The third kappa shape index (κ3) is 4.58. The zero-order valence-corrected chi connectivity index (χ0v) is 17.2. The Morgan fingerprint density at radius 2 is 2.00 bits per heavy atom. The van der Waals surface area contributed by atoms with Crippen molar-refractivity contribution in [1.82, 2.24) is 4.98 Å². The standard InChI is InChI=1S/C23H26N2O3S/c26-20(14-23(22(27)28)11-1-2-12-23)24-18-8-3-5-16(13-18)9-10-21-25-19(15-29-21)17-6-4-7-17/h3,5,8-10,13,15,17H,1-2,4,6-7,11-12,14H2,(H,24,26)(H,27,28)/b10-9+. The second-order valence-electron chi connectivity index (χ2n) is 8.21. The van der Waals surface area contributed by atoms with Crippen LogP contribution in [0.25, 0.3) is 12.2 Å². The van der Waals surface area contributed by atoms with Crippen LogP contribution in [0.4, 0.5) is 5.69 Å². The Morgan fingerprint density at radius 1 is 1.21 bits per heavy atom. The molecule has 0 spiro atoms. The maximum absolute atomic E-state index is 12.5. The molecule has 2 N–H and O–H groups in total. The van der Waals surface area contributed by atoms with E-state index in [1.165, 1.54) is 25.0 Å². The van der Waals surface area contributed by atoms with E-state index < -0.39 is 11.4 Å². The number of anilines is 1. The number of nitrogens with zero attached hydrogens (tertiary/aromatic N) is 1. The van der Waals surface area contributed by atoms with Crippen molar-refractivity contribution >= 4 is 41.1 Å². The molecule has 4 rings (SSSR count). The smallest absolute Gasteiger partial charge is 0.310 e. The van der Waals surface area contributed by atoms with E-state index in [1.54, 1.807) is 11.3 Å². The molecule has 0 atom stereocenters. The number of benzene rings is 1. The van der Waals surface area contributed by atoms with Crippen molar-refractivity contribution < 1.29 is 14.7 Å². The largest absolute Gasteiger partial charge is 0.481 e. The molecule has 1 aromatic carbocycles. The summed E-state index contributed by atoms with van der Waals surface area (Å²) in [7, 11) is 0. The van der Waals surface area contributed by atoms with Crippen LogP contribution in [0.15, 0.2) is 29.6 Å². The van der Waals surface area contributed by atoms with Crippen molar-refractivity contribution in [2.75, 3.05) is 5.32 Å². The topological polar surface area (TPSA) is 79.3 Å². The van der Waals surface area contributed by atoms with E-state index in [-0.39, 0.29) is 12.3 Å². The van der Waals surface area contributed by atoms with Crippen molar-refractivity contribution in [3.63, 3.8) is 0 Å². The maximum atomic E-state index is 12.5. The molecule has 152 valence electrons. The van der Waals surface area contributed by atoms with Gasteiger partial charge in [0.25, 0.3) is 0 Å². The molecular weight excluding hydrogens is 384 g/mol.